The van der Waals surface area contributed by atoms with Gasteiger partial charge in [0, 0.05) is 37.3 Å². The predicted octanol–water partition coefficient (Wildman–Crippen LogP) is 1.90. The summed E-state index contributed by atoms with van der Waals surface area (Å²) in [6.45, 7) is 5.56. The number of hydrogen-bond acceptors (Lipinski definition) is 4. The molecule has 1 fully saturated rings. The number of likely N-dealkylation sites (N-methyl/N-ethyl adjacent to an activating group) is 2. The number of nitrogens with zero attached hydrogens (tertiary/aromatic N) is 2. The smallest absolute Gasteiger partial charge is 0.123 e. The molecule has 2 rings (SSSR count). The van der Waals surface area contributed by atoms with Crippen molar-refractivity contribution in [1.29, 1.82) is 0 Å². The molecule has 0 aromatic heterocycles. The van der Waals surface area contributed by atoms with Crippen molar-refractivity contribution in [1.82, 2.24) is 15.1 Å². The molecular formula is C17H29N3O. The Balaban J connectivity index is 2.17. The first-order valence-electron chi connectivity index (χ1n) is 7.75. The van der Waals surface area contributed by atoms with Gasteiger partial charge < -0.3 is 19.9 Å². The number of nitrogens with one attached hydrogen (secondary N) is 1. The molecule has 1 saturated heterocycles. The van der Waals surface area contributed by atoms with Crippen LogP contribution in [0.2, 0.25) is 0 Å². The van der Waals surface area contributed by atoms with Crippen LogP contribution in [0, 0.1) is 6.92 Å². The first kappa shape index (κ1) is 16.3. The molecule has 0 amide bonds. The number of benzene rings is 1. The number of rotatable bonds is 5. The fraction of sp³-hybridized carbons (Fsp3) is 0.647. The molecule has 2 atom stereocenters. The Morgan fingerprint density at radius 2 is 2.10 bits per heavy atom. The van der Waals surface area contributed by atoms with E-state index in [-0.39, 0.29) is 0 Å². The van der Waals surface area contributed by atoms with Crippen molar-refractivity contribution in [3.8, 4) is 5.75 Å². The molecule has 0 aliphatic carbocycles. The van der Waals surface area contributed by atoms with Crippen LogP contribution in [0.5, 0.6) is 5.75 Å². The van der Waals surface area contributed by atoms with Crippen LogP contribution in [0.15, 0.2) is 18.2 Å². The summed E-state index contributed by atoms with van der Waals surface area (Å²) in [4.78, 5) is 4.90. The van der Waals surface area contributed by atoms with Gasteiger partial charge in [-0.25, -0.2) is 0 Å². The van der Waals surface area contributed by atoms with E-state index in [9.17, 15) is 0 Å². The zero-order valence-electron chi connectivity index (χ0n) is 14.0. The van der Waals surface area contributed by atoms with Gasteiger partial charge in [0.05, 0.1) is 7.11 Å². The Hall–Kier alpha value is -1.10. The molecule has 4 nitrogen and oxygen atoms in total. The van der Waals surface area contributed by atoms with Crippen LogP contribution in [0.25, 0.3) is 0 Å². The number of piperazine rings is 1. The number of ether oxygens (including phenoxy) is 1. The van der Waals surface area contributed by atoms with Gasteiger partial charge in [0.1, 0.15) is 5.75 Å². The molecule has 21 heavy (non-hydrogen) atoms. The van der Waals surface area contributed by atoms with E-state index >= 15 is 0 Å². The molecule has 0 spiro atoms. The largest absolute Gasteiger partial charge is 0.496 e. The maximum atomic E-state index is 5.56. The van der Waals surface area contributed by atoms with Gasteiger partial charge in [-0.2, -0.15) is 0 Å². The monoisotopic (exact) mass is 291 g/mol. The maximum absolute atomic E-state index is 5.56. The SMILES string of the molecule is CNC(CC1CN(C)CCN1C)c1cc(C)ccc1OC. The zero-order chi connectivity index (χ0) is 15.4. The third-order valence-electron chi connectivity index (χ3n) is 4.60. The minimum absolute atomic E-state index is 0.318. The normalized spacial score (nSPS) is 22.2. The van der Waals surface area contributed by atoms with Crippen molar-refractivity contribution in [2.24, 2.45) is 0 Å². The van der Waals surface area contributed by atoms with E-state index in [2.05, 4.69) is 54.3 Å². The highest BCUT2D eigenvalue weighted by atomic mass is 16.5. The van der Waals surface area contributed by atoms with Gasteiger partial charge in [-0.3, -0.25) is 0 Å². The Morgan fingerprint density at radius 1 is 1.33 bits per heavy atom. The Morgan fingerprint density at radius 3 is 2.76 bits per heavy atom. The van der Waals surface area contributed by atoms with E-state index in [4.69, 9.17) is 4.74 Å². The molecular weight excluding hydrogens is 262 g/mol. The van der Waals surface area contributed by atoms with E-state index in [1.54, 1.807) is 7.11 Å². The van der Waals surface area contributed by atoms with Gasteiger partial charge >= 0.3 is 0 Å². The summed E-state index contributed by atoms with van der Waals surface area (Å²) in [6.07, 6.45) is 1.09. The van der Waals surface area contributed by atoms with Crippen LogP contribution < -0.4 is 10.1 Å². The quantitative estimate of drug-likeness (QED) is 0.897. The van der Waals surface area contributed by atoms with Gasteiger partial charge in [0.15, 0.2) is 0 Å². The van der Waals surface area contributed by atoms with Gasteiger partial charge in [-0.05, 0) is 40.6 Å². The van der Waals surface area contributed by atoms with E-state index in [0.29, 0.717) is 12.1 Å². The number of aryl methyl sites for hydroxylation is 1. The molecule has 1 aliphatic heterocycles. The molecule has 1 aromatic rings. The lowest BCUT2D eigenvalue weighted by Crippen LogP contribution is -2.50. The first-order valence-corrected chi connectivity index (χ1v) is 7.75. The van der Waals surface area contributed by atoms with Crippen molar-refractivity contribution < 1.29 is 4.74 Å². The highest BCUT2D eigenvalue weighted by molar-refractivity contribution is 5.39. The summed E-state index contributed by atoms with van der Waals surface area (Å²) in [6, 6.07) is 7.32. The van der Waals surface area contributed by atoms with E-state index in [0.717, 1.165) is 31.8 Å². The van der Waals surface area contributed by atoms with Crippen molar-refractivity contribution in [3.63, 3.8) is 0 Å². The summed E-state index contributed by atoms with van der Waals surface area (Å²) in [5, 5.41) is 3.48. The summed E-state index contributed by atoms with van der Waals surface area (Å²) in [5.41, 5.74) is 2.54. The fourth-order valence-electron chi connectivity index (χ4n) is 3.15. The molecule has 1 N–H and O–H groups in total. The number of methoxy groups -OCH3 is 1. The topological polar surface area (TPSA) is 27.7 Å². The molecule has 4 heteroatoms. The second-order valence-electron chi connectivity index (χ2n) is 6.22. The lowest BCUT2D eigenvalue weighted by Gasteiger charge is -2.39. The Labute approximate surface area is 129 Å². The van der Waals surface area contributed by atoms with E-state index in [1.807, 2.05) is 7.05 Å². The summed E-state index contributed by atoms with van der Waals surface area (Å²) in [7, 11) is 8.24. The average Bonchev–Trinajstić information content (AvgIpc) is 2.48. The summed E-state index contributed by atoms with van der Waals surface area (Å²) >= 11 is 0. The van der Waals surface area contributed by atoms with Crippen molar-refractivity contribution in [2.75, 3.05) is 47.9 Å². The van der Waals surface area contributed by atoms with Crippen LogP contribution in [0.4, 0.5) is 0 Å². The van der Waals surface area contributed by atoms with Crippen molar-refractivity contribution >= 4 is 0 Å². The van der Waals surface area contributed by atoms with Crippen LogP contribution in [0.3, 0.4) is 0 Å². The third-order valence-corrected chi connectivity index (χ3v) is 4.60. The maximum Gasteiger partial charge on any atom is 0.123 e. The van der Waals surface area contributed by atoms with E-state index in [1.165, 1.54) is 11.1 Å². The third kappa shape index (κ3) is 3.96. The molecule has 1 aromatic carbocycles. The van der Waals surface area contributed by atoms with Crippen LogP contribution >= 0.6 is 0 Å². The van der Waals surface area contributed by atoms with Gasteiger partial charge in [-0.1, -0.05) is 17.7 Å². The van der Waals surface area contributed by atoms with Crippen LogP contribution in [-0.4, -0.2) is 63.7 Å². The van der Waals surface area contributed by atoms with Crippen molar-refractivity contribution in [2.45, 2.75) is 25.4 Å². The minimum atomic E-state index is 0.318. The first-order chi connectivity index (χ1) is 10.0. The van der Waals surface area contributed by atoms with Crippen LogP contribution in [0.1, 0.15) is 23.6 Å². The van der Waals surface area contributed by atoms with Gasteiger partial charge in [-0.15, -0.1) is 0 Å². The molecule has 1 aliphatic rings. The number of hydrogen-bond donors (Lipinski definition) is 1. The van der Waals surface area contributed by atoms with Crippen LogP contribution in [-0.2, 0) is 0 Å². The molecule has 1 heterocycles. The Bertz CT molecular complexity index is 463. The second-order valence-corrected chi connectivity index (χ2v) is 6.22. The fourth-order valence-corrected chi connectivity index (χ4v) is 3.15. The molecule has 0 radical (unpaired) electrons. The minimum Gasteiger partial charge on any atom is -0.496 e. The molecule has 2 unspecified atom stereocenters. The molecule has 0 bridgehead atoms. The Kier molecular flexibility index (Phi) is 5.62. The average molecular weight is 291 g/mol. The van der Waals surface area contributed by atoms with Gasteiger partial charge in [0.25, 0.3) is 0 Å². The predicted molar refractivity (Wildman–Crippen MR) is 88.1 cm³/mol. The van der Waals surface area contributed by atoms with Crippen molar-refractivity contribution in [3.05, 3.63) is 29.3 Å². The summed E-state index contributed by atoms with van der Waals surface area (Å²) < 4.78 is 5.56. The summed E-state index contributed by atoms with van der Waals surface area (Å²) in [5.74, 6) is 0.978. The highest BCUT2D eigenvalue weighted by Gasteiger charge is 2.26. The standard InChI is InChI=1S/C17H29N3O/c1-13-6-7-17(21-5)15(10-13)16(18-2)11-14-12-19(3)8-9-20(14)4/h6-7,10,14,16,18H,8-9,11-12H2,1-5H3. The van der Waals surface area contributed by atoms with E-state index < -0.39 is 0 Å². The second kappa shape index (κ2) is 7.25. The highest BCUT2D eigenvalue weighted by Crippen LogP contribution is 2.30. The molecule has 0 saturated carbocycles. The lowest BCUT2D eigenvalue weighted by atomic mass is 9.95. The van der Waals surface area contributed by atoms with Gasteiger partial charge in [0.2, 0.25) is 0 Å². The lowest BCUT2D eigenvalue weighted by molar-refractivity contribution is 0.101. The molecule has 118 valence electrons. The zero-order valence-corrected chi connectivity index (χ0v) is 14.0.